The van der Waals surface area contributed by atoms with Crippen LogP contribution in [0.3, 0.4) is 0 Å². The summed E-state index contributed by atoms with van der Waals surface area (Å²) in [6.07, 6.45) is 4.37. The van der Waals surface area contributed by atoms with Gasteiger partial charge in [-0.15, -0.1) is 0 Å². The molecule has 72 valence electrons. The van der Waals surface area contributed by atoms with E-state index in [-0.39, 0.29) is 24.3 Å². The molecule has 0 radical (unpaired) electrons. The van der Waals surface area contributed by atoms with Crippen molar-refractivity contribution in [3.8, 4) is 0 Å². The highest BCUT2D eigenvalue weighted by Gasteiger charge is 2.40. The first-order valence-corrected chi connectivity index (χ1v) is 4.81. The minimum absolute atomic E-state index is 0.0793. The molecule has 2 N–H and O–H groups in total. The number of imide groups is 1. The molecule has 1 aliphatic carbocycles. The summed E-state index contributed by atoms with van der Waals surface area (Å²) in [5, 5.41) is 0. The lowest BCUT2D eigenvalue weighted by Crippen LogP contribution is -2.41. The number of carbonyl (C=O) groups is 2. The molecule has 0 aromatic carbocycles. The van der Waals surface area contributed by atoms with Gasteiger partial charge in [0.25, 0.3) is 0 Å². The summed E-state index contributed by atoms with van der Waals surface area (Å²) < 4.78 is 0. The molecule has 4 nitrogen and oxygen atoms in total. The lowest BCUT2D eigenvalue weighted by molar-refractivity contribution is -0.141. The monoisotopic (exact) mass is 182 g/mol. The number of hydrogen-bond acceptors (Lipinski definition) is 3. The van der Waals surface area contributed by atoms with E-state index < -0.39 is 6.04 Å². The van der Waals surface area contributed by atoms with Gasteiger partial charge in [-0.25, -0.2) is 0 Å². The molecule has 1 aliphatic heterocycles. The molecule has 1 unspecified atom stereocenters. The van der Waals surface area contributed by atoms with Gasteiger partial charge in [0.2, 0.25) is 11.8 Å². The highest BCUT2D eigenvalue weighted by Crippen LogP contribution is 2.27. The summed E-state index contributed by atoms with van der Waals surface area (Å²) in [6, 6.07) is -0.429. The normalized spacial score (nSPS) is 30.5. The number of hydrogen-bond donors (Lipinski definition) is 1. The molecule has 2 fully saturated rings. The van der Waals surface area contributed by atoms with Crippen molar-refractivity contribution in [2.45, 2.75) is 44.2 Å². The maximum atomic E-state index is 11.5. The number of amides is 2. The van der Waals surface area contributed by atoms with Gasteiger partial charge in [0.15, 0.2) is 0 Å². The second kappa shape index (κ2) is 3.10. The number of likely N-dealkylation sites (tertiary alicyclic amines) is 1. The Hall–Kier alpha value is -0.900. The molecule has 1 atom stereocenters. The quantitative estimate of drug-likeness (QED) is 0.581. The third kappa shape index (κ3) is 1.35. The molecule has 0 spiro atoms. The van der Waals surface area contributed by atoms with Crippen molar-refractivity contribution in [2.24, 2.45) is 5.73 Å². The molecule has 0 aromatic heterocycles. The van der Waals surface area contributed by atoms with Crippen LogP contribution in [0.1, 0.15) is 32.1 Å². The van der Waals surface area contributed by atoms with Crippen LogP contribution in [0.15, 0.2) is 0 Å². The Bertz CT molecular complexity index is 246. The van der Waals surface area contributed by atoms with E-state index in [2.05, 4.69) is 0 Å². The van der Waals surface area contributed by atoms with Crippen LogP contribution in [-0.4, -0.2) is 28.8 Å². The smallest absolute Gasteiger partial charge is 0.246 e. The topological polar surface area (TPSA) is 63.4 Å². The Morgan fingerprint density at radius 1 is 1.23 bits per heavy atom. The predicted octanol–water partition coefficient (Wildman–Crippen LogP) is 0.0152. The Kier molecular flexibility index (Phi) is 2.07. The van der Waals surface area contributed by atoms with Crippen LogP contribution >= 0.6 is 0 Å². The van der Waals surface area contributed by atoms with Gasteiger partial charge >= 0.3 is 0 Å². The summed E-state index contributed by atoms with van der Waals surface area (Å²) in [5.74, 6) is -0.249. The Balaban J connectivity index is 2.13. The van der Waals surface area contributed by atoms with Crippen molar-refractivity contribution in [1.29, 1.82) is 0 Å². The maximum Gasteiger partial charge on any atom is 0.246 e. The van der Waals surface area contributed by atoms with Crippen LogP contribution in [0.5, 0.6) is 0 Å². The van der Waals surface area contributed by atoms with E-state index >= 15 is 0 Å². The molecule has 1 heterocycles. The molecule has 2 rings (SSSR count). The number of nitrogens with two attached hydrogens (primary N) is 1. The van der Waals surface area contributed by atoms with Gasteiger partial charge in [-0.2, -0.15) is 0 Å². The van der Waals surface area contributed by atoms with Crippen LogP contribution in [0, 0.1) is 0 Å². The highest BCUT2D eigenvalue weighted by molar-refractivity contribution is 6.05. The number of rotatable bonds is 1. The first-order chi connectivity index (χ1) is 6.20. The molecule has 13 heavy (non-hydrogen) atoms. The SMILES string of the molecule is NC1CC(=O)N(C2CCCC2)C1=O. The zero-order chi connectivity index (χ0) is 9.42. The van der Waals surface area contributed by atoms with E-state index in [9.17, 15) is 9.59 Å². The fourth-order valence-electron chi connectivity index (χ4n) is 2.22. The third-order valence-corrected chi connectivity index (χ3v) is 2.91. The third-order valence-electron chi connectivity index (χ3n) is 2.91. The van der Waals surface area contributed by atoms with Gasteiger partial charge in [-0.1, -0.05) is 12.8 Å². The van der Waals surface area contributed by atoms with Gasteiger partial charge in [0.05, 0.1) is 12.5 Å². The zero-order valence-corrected chi connectivity index (χ0v) is 7.53. The zero-order valence-electron chi connectivity index (χ0n) is 7.53. The average Bonchev–Trinajstić information content (AvgIpc) is 2.63. The molecule has 2 aliphatic rings. The van der Waals surface area contributed by atoms with Crippen molar-refractivity contribution in [2.75, 3.05) is 0 Å². The number of nitrogens with zero attached hydrogens (tertiary/aromatic N) is 1. The van der Waals surface area contributed by atoms with Crippen LogP contribution in [-0.2, 0) is 9.59 Å². The fourth-order valence-corrected chi connectivity index (χ4v) is 2.22. The van der Waals surface area contributed by atoms with Crippen LogP contribution < -0.4 is 5.73 Å². The molecule has 1 saturated heterocycles. The summed E-state index contributed by atoms with van der Waals surface area (Å²) >= 11 is 0. The van der Waals surface area contributed by atoms with Crippen molar-refractivity contribution in [3.05, 3.63) is 0 Å². The van der Waals surface area contributed by atoms with E-state index in [1.807, 2.05) is 0 Å². The molecule has 0 aromatic rings. The van der Waals surface area contributed by atoms with Gasteiger partial charge in [0.1, 0.15) is 0 Å². The maximum absolute atomic E-state index is 11.5. The van der Waals surface area contributed by atoms with Gasteiger partial charge in [-0.3, -0.25) is 14.5 Å². The second-order valence-corrected chi connectivity index (χ2v) is 3.85. The number of carbonyl (C=O) groups excluding carboxylic acids is 2. The minimum atomic E-state index is -0.576. The summed E-state index contributed by atoms with van der Waals surface area (Å²) in [4.78, 5) is 24.3. The lowest BCUT2D eigenvalue weighted by Gasteiger charge is -2.21. The Morgan fingerprint density at radius 3 is 2.31 bits per heavy atom. The highest BCUT2D eigenvalue weighted by atomic mass is 16.2. The Morgan fingerprint density at radius 2 is 1.85 bits per heavy atom. The first-order valence-electron chi connectivity index (χ1n) is 4.81. The van der Waals surface area contributed by atoms with E-state index in [1.54, 1.807) is 0 Å². The molecule has 0 bridgehead atoms. The molecular formula is C9H14N2O2. The molecule has 2 amide bonds. The van der Waals surface area contributed by atoms with E-state index in [0.29, 0.717) is 0 Å². The largest absolute Gasteiger partial charge is 0.319 e. The van der Waals surface area contributed by atoms with Crippen molar-refractivity contribution in [3.63, 3.8) is 0 Å². The Labute approximate surface area is 77.1 Å². The van der Waals surface area contributed by atoms with Gasteiger partial charge < -0.3 is 5.73 Å². The van der Waals surface area contributed by atoms with E-state index in [0.717, 1.165) is 25.7 Å². The molecule has 1 saturated carbocycles. The summed E-state index contributed by atoms with van der Waals surface area (Å²) in [5.41, 5.74) is 5.51. The van der Waals surface area contributed by atoms with Crippen molar-refractivity contribution >= 4 is 11.8 Å². The van der Waals surface area contributed by atoms with Gasteiger partial charge in [-0.05, 0) is 12.8 Å². The van der Waals surface area contributed by atoms with E-state index in [4.69, 9.17) is 5.73 Å². The summed E-state index contributed by atoms with van der Waals surface area (Å²) in [6.45, 7) is 0. The van der Waals surface area contributed by atoms with Crippen LogP contribution in [0.4, 0.5) is 0 Å². The molecule has 4 heteroatoms. The van der Waals surface area contributed by atoms with Gasteiger partial charge in [0, 0.05) is 6.04 Å². The average molecular weight is 182 g/mol. The lowest BCUT2D eigenvalue weighted by atomic mass is 10.2. The first kappa shape index (κ1) is 8.69. The van der Waals surface area contributed by atoms with Crippen LogP contribution in [0.2, 0.25) is 0 Å². The summed E-state index contributed by atoms with van der Waals surface area (Å²) in [7, 11) is 0. The second-order valence-electron chi connectivity index (χ2n) is 3.85. The predicted molar refractivity (Wildman–Crippen MR) is 46.7 cm³/mol. The minimum Gasteiger partial charge on any atom is -0.319 e. The standard InChI is InChI=1S/C9H14N2O2/c10-7-5-8(12)11(9(7)13)6-3-1-2-4-6/h6-7H,1-5,10H2. The van der Waals surface area contributed by atoms with Crippen molar-refractivity contribution in [1.82, 2.24) is 4.90 Å². The fraction of sp³-hybridized carbons (Fsp3) is 0.778. The van der Waals surface area contributed by atoms with Crippen LogP contribution in [0.25, 0.3) is 0 Å². The van der Waals surface area contributed by atoms with Crippen molar-refractivity contribution < 1.29 is 9.59 Å². The van der Waals surface area contributed by atoms with E-state index in [1.165, 1.54) is 4.90 Å². The molecular weight excluding hydrogens is 168 g/mol.